The van der Waals surface area contributed by atoms with Crippen LogP contribution in [0, 0.1) is 5.92 Å². The van der Waals surface area contributed by atoms with E-state index in [1.165, 1.54) is 22.0 Å². The molecule has 0 bridgehead atoms. The molecule has 3 rings (SSSR count). The molecule has 0 radical (unpaired) electrons. The van der Waals surface area contributed by atoms with Crippen LogP contribution in [0.1, 0.15) is 18.4 Å². The van der Waals surface area contributed by atoms with Crippen molar-refractivity contribution in [2.45, 2.75) is 30.2 Å². The van der Waals surface area contributed by atoms with Crippen molar-refractivity contribution in [1.29, 1.82) is 0 Å². The van der Waals surface area contributed by atoms with Crippen LogP contribution in [0.5, 0.6) is 0 Å². The number of nitrogens with one attached hydrogen (secondary N) is 1. The fourth-order valence-electron chi connectivity index (χ4n) is 3.80. The van der Waals surface area contributed by atoms with Gasteiger partial charge in [-0.05, 0) is 63.2 Å². The second-order valence-electron chi connectivity index (χ2n) is 8.18. The highest BCUT2D eigenvalue weighted by Gasteiger charge is 2.32. The highest BCUT2D eigenvalue weighted by atomic mass is 35.5. The molecule has 1 saturated heterocycles. The Morgan fingerprint density at radius 1 is 1.10 bits per heavy atom. The predicted octanol–water partition coefficient (Wildman–Crippen LogP) is 3.03. The summed E-state index contributed by atoms with van der Waals surface area (Å²) in [5, 5.41) is 3.58. The zero-order chi connectivity index (χ0) is 22.4. The highest BCUT2D eigenvalue weighted by Crippen LogP contribution is 2.25. The first-order valence-electron chi connectivity index (χ1n) is 10.5. The van der Waals surface area contributed by atoms with E-state index in [2.05, 4.69) is 22.3 Å². The number of amides is 1. The van der Waals surface area contributed by atoms with Crippen LogP contribution in [0.25, 0.3) is 0 Å². The first-order chi connectivity index (χ1) is 14.8. The Balaban J connectivity index is 1.52. The van der Waals surface area contributed by atoms with E-state index in [0.29, 0.717) is 37.5 Å². The molecule has 1 N–H and O–H groups in total. The number of sulfonamides is 1. The quantitative estimate of drug-likeness (QED) is 0.653. The van der Waals surface area contributed by atoms with Gasteiger partial charge in [0.2, 0.25) is 15.9 Å². The smallest absolute Gasteiger partial charge is 0.243 e. The summed E-state index contributed by atoms with van der Waals surface area (Å²) in [5.41, 5.74) is 1.23. The maximum Gasteiger partial charge on any atom is 0.243 e. The summed E-state index contributed by atoms with van der Waals surface area (Å²) < 4.78 is 27.1. The Kier molecular flexibility index (Phi) is 8.11. The van der Waals surface area contributed by atoms with Gasteiger partial charge in [-0.15, -0.1) is 0 Å². The predicted molar refractivity (Wildman–Crippen MR) is 124 cm³/mol. The van der Waals surface area contributed by atoms with Gasteiger partial charge >= 0.3 is 0 Å². The minimum atomic E-state index is -3.56. The van der Waals surface area contributed by atoms with E-state index >= 15 is 0 Å². The molecule has 1 heterocycles. The molecule has 8 heteroatoms. The van der Waals surface area contributed by atoms with Crippen molar-refractivity contribution >= 4 is 27.5 Å². The Morgan fingerprint density at radius 3 is 2.29 bits per heavy atom. The summed E-state index contributed by atoms with van der Waals surface area (Å²) in [6, 6.07) is 16.6. The van der Waals surface area contributed by atoms with Crippen LogP contribution in [-0.4, -0.2) is 63.3 Å². The second kappa shape index (κ2) is 10.6. The fraction of sp³-hybridized carbons (Fsp3) is 0.435. The SMILES string of the molecule is CN(C)C(CNC(=O)C1CCN(S(=O)(=O)c2ccc(Cl)cc2)CC1)Cc1ccccc1. The lowest BCUT2D eigenvalue weighted by Crippen LogP contribution is -2.46. The Bertz CT molecular complexity index is 957. The molecule has 1 atom stereocenters. The molecule has 1 aliphatic rings. The summed E-state index contributed by atoms with van der Waals surface area (Å²) in [7, 11) is 0.464. The number of halogens is 1. The Morgan fingerprint density at radius 2 is 1.71 bits per heavy atom. The van der Waals surface area contributed by atoms with Crippen LogP contribution in [0.3, 0.4) is 0 Å². The highest BCUT2D eigenvalue weighted by molar-refractivity contribution is 7.89. The van der Waals surface area contributed by atoms with Crippen molar-refractivity contribution in [3.05, 3.63) is 65.2 Å². The van der Waals surface area contributed by atoms with E-state index in [9.17, 15) is 13.2 Å². The number of rotatable bonds is 8. The van der Waals surface area contributed by atoms with E-state index in [1.807, 2.05) is 32.3 Å². The van der Waals surface area contributed by atoms with Gasteiger partial charge in [-0.3, -0.25) is 4.79 Å². The van der Waals surface area contributed by atoms with Gasteiger partial charge in [0.25, 0.3) is 0 Å². The molecule has 0 spiro atoms. The van der Waals surface area contributed by atoms with Crippen LogP contribution in [0.2, 0.25) is 5.02 Å². The largest absolute Gasteiger partial charge is 0.354 e. The third kappa shape index (κ3) is 6.29. The number of hydrogen-bond acceptors (Lipinski definition) is 4. The lowest BCUT2D eigenvalue weighted by Gasteiger charge is -2.31. The molecule has 2 aromatic rings. The maximum atomic E-state index is 12.8. The molecule has 1 fully saturated rings. The first-order valence-corrected chi connectivity index (χ1v) is 12.3. The number of carbonyl (C=O) groups excluding carboxylic acids is 1. The molecular weight excluding hydrogens is 434 g/mol. The summed E-state index contributed by atoms with van der Waals surface area (Å²) in [6.45, 7) is 1.23. The van der Waals surface area contributed by atoms with E-state index in [1.54, 1.807) is 12.1 Å². The normalized spacial score (nSPS) is 16.9. The van der Waals surface area contributed by atoms with Crippen LogP contribution in [0.4, 0.5) is 0 Å². The van der Waals surface area contributed by atoms with Gasteiger partial charge in [0.15, 0.2) is 0 Å². The number of nitrogens with zero attached hydrogens (tertiary/aromatic N) is 2. The monoisotopic (exact) mass is 463 g/mol. The summed E-state index contributed by atoms with van der Waals surface area (Å²) in [5.74, 6) is -0.167. The number of piperidine rings is 1. The summed E-state index contributed by atoms with van der Waals surface area (Å²) >= 11 is 5.86. The van der Waals surface area contributed by atoms with Crippen LogP contribution in [0.15, 0.2) is 59.5 Å². The van der Waals surface area contributed by atoms with Gasteiger partial charge in [0.1, 0.15) is 0 Å². The molecule has 6 nitrogen and oxygen atoms in total. The van der Waals surface area contributed by atoms with Crippen molar-refractivity contribution < 1.29 is 13.2 Å². The van der Waals surface area contributed by atoms with Gasteiger partial charge in [-0.1, -0.05) is 41.9 Å². The number of likely N-dealkylation sites (N-methyl/N-ethyl adjacent to an activating group) is 1. The van der Waals surface area contributed by atoms with Crippen molar-refractivity contribution in [3.8, 4) is 0 Å². The van der Waals surface area contributed by atoms with Crippen molar-refractivity contribution in [3.63, 3.8) is 0 Å². The Labute approximate surface area is 190 Å². The molecule has 1 amide bonds. The van der Waals surface area contributed by atoms with E-state index in [0.717, 1.165) is 6.42 Å². The van der Waals surface area contributed by atoms with Crippen LogP contribution >= 0.6 is 11.6 Å². The minimum absolute atomic E-state index is 0.00320. The standard InChI is InChI=1S/C23H30ClN3O3S/c1-26(2)21(16-18-6-4-3-5-7-18)17-25-23(28)19-12-14-27(15-13-19)31(29,30)22-10-8-20(24)9-11-22/h3-11,19,21H,12-17H2,1-2H3,(H,25,28). The van der Waals surface area contributed by atoms with Gasteiger partial charge in [-0.25, -0.2) is 8.42 Å². The van der Waals surface area contributed by atoms with Gasteiger partial charge in [0.05, 0.1) is 4.90 Å². The summed E-state index contributed by atoms with van der Waals surface area (Å²) in [6.07, 6.45) is 1.89. The zero-order valence-corrected chi connectivity index (χ0v) is 19.6. The number of carbonyl (C=O) groups is 1. The molecule has 1 unspecified atom stereocenters. The van der Waals surface area contributed by atoms with Crippen LogP contribution in [-0.2, 0) is 21.2 Å². The molecule has 31 heavy (non-hydrogen) atoms. The van der Waals surface area contributed by atoms with Crippen LogP contribution < -0.4 is 5.32 Å². The lowest BCUT2D eigenvalue weighted by molar-refractivity contribution is -0.126. The molecule has 2 aromatic carbocycles. The van der Waals surface area contributed by atoms with E-state index < -0.39 is 10.0 Å². The molecule has 0 saturated carbocycles. The third-order valence-electron chi connectivity index (χ3n) is 5.83. The fourth-order valence-corrected chi connectivity index (χ4v) is 5.40. The average Bonchev–Trinajstić information content (AvgIpc) is 2.77. The first kappa shape index (κ1) is 23.7. The topological polar surface area (TPSA) is 69.7 Å². The van der Waals surface area contributed by atoms with Crippen molar-refractivity contribution in [2.24, 2.45) is 5.92 Å². The molecule has 0 aliphatic carbocycles. The van der Waals surface area contributed by atoms with Crippen molar-refractivity contribution in [2.75, 3.05) is 33.7 Å². The second-order valence-corrected chi connectivity index (χ2v) is 10.6. The zero-order valence-electron chi connectivity index (χ0n) is 18.0. The molecular formula is C23H30ClN3O3S. The number of benzene rings is 2. The molecule has 1 aliphatic heterocycles. The Hall–Kier alpha value is -1.93. The van der Waals surface area contributed by atoms with Gasteiger partial charge in [-0.2, -0.15) is 4.31 Å². The number of hydrogen-bond donors (Lipinski definition) is 1. The van der Waals surface area contributed by atoms with Gasteiger partial charge in [0, 0.05) is 36.6 Å². The third-order valence-corrected chi connectivity index (χ3v) is 8.00. The average molecular weight is 464 g/mol. The van der Waals surface area contributed by atoms with Gasteiger partial charge < -0.3 is 10.2 Å². The minimum Gasteiger partial charge on any atom is -0.354 e. The summed E-state index contributed by atoms with van der Waals surface area (Å²) in [4.78, 5) is 15.1. The van der Waals surface area contributed by atoms with Crippen molar-refractivity contribution in [1.82, 2.24) is 14.5 Å². The van der Waals surface area contributed by atoms with E-state index in [4.69, 9.17) is 11.6 Å². The lowest BCUT2D eigenvalue weighted by atomic mass is 9.97. The molecule has 168 valence electrons. The maximum absolute atomic E-state index is 12.8. The van der Waals surface area contributed by atoms with E-state index in [-0.39, 0.29) is 22.8 Å². The molecule has 0 aromatic heterocycles.